The monoisotopic (exact) mass is 226 g/mol. The number of nitrogens with two attached hydrogens (primary N) is 1. The zero-order valence-electron chi connectivity index (χ0n) is 9.25. The first-order valence-corrected chi connectivity index (χ1v) is 6.33. The fourth-order valence-electron chi connectivity index (χ4n) is 1.27. The molecule has 0 heterocycles. The highest BCUT2D eigenvalue weighted by Crippen LogP contribution is 2.24. The number of nitrogens with one attached hydrogen (secondary N) is 1. The van der Waals surface area contributed by atoms with Gasteiger partial charge >= 0.3 is 0 Å². The van der Waals surface area contributed by atoms with Gasteiger partial charge in [0.1, 0.15) is 5.75 Å². The van der Waals surface area contributed by atoms with Gasteiger partial charge in [0, 0.05) is 18.3 Å². The maximum absolute atomic E-state index is 5.72. The smallest absolute Gasteiger partial charge is 0.143 e. The van der Waals surface area contributed by atoms with Crippen LogP contribution in [0.3, 0.4) is 0 Å². The second-order valence-corrected chi connectivity index (χ2v) is 4.22. The van der Waals surface area contributed by atoms with Crippen molar-refractivity contribution in [3.05, 3.63) is 18.2 Å². The lowest BCUT2D eigenvalue weighted by atomic mass is 10.2. The fourth-order valence-corrected chi connectivity index (χ4v) is 1.70. The van der Waals surface area contributed by atoms with Gasteiger partial charge in [-0.2, -0.15) is 11.8 Å². The van der Waals surface area contributed by atoms with Crippen LogP contribution in [-0.4, -0.2) is 25.7 Å². The highest BCUT2D eigenvalue weighted by molar-refractivity contribution is 7.98. The molecule has 0 bridgehead atoms. The number of anilines is 2. The molecule has 0 radical (unpaired) electrons. The molecular formula is C11H18N2OS. The van der Waals surface area contributed by atoms with Crippen LogP contribution >= 0.6 is 11.8 Å². The van der Waals surface area contributed by atoms with Gasteiger partial charge in [0.25, 0.3) is 0 Å². The van der Waals surface area contributed by atoms with Gasteiger partial charge in [-0.1, -0.05) is 0 Å². The summed E-state index contributed by atoms with van der Waals surface area (Å²) in [6.07, 6.45) is 3.28. The number of hydrogen-bond donors (Lipinski definition) is 2. The summed E-state index contributed by atoms with van der Waals surface area (Å²) in [5.74, 6) is 1.91. The summed E-state index contributed by atoms with van der Waals surface area (Å²) in [6.45, 7) is 0.980. The van der Waals surface area contributed by atoms with Gasteiger partial charge in [-0.3, -0.25) is 0 Å². The standard InChI is InChI=1S/C11H18N2OS/c1-14-11-8-9(4-5-10(11)12)13-6-3-7-15-2/h4-5,8,13H,3,6-7,12H2,1-2H3. The Kier molecular flexibility index (Phi) is 5.18. The maximum atomic E-state index is 5.72. The normalized spacial score (nSPS) is 10.0. The van der Waals surface area contributed by atoms with Crippen LogP contribution in [0.5, 0.6) is 5.75 Å². The second kappa shape index (κ2) is 6.45. The molecule has 0 spiro atoms. The van der Waals surface area contributed by atoms with Gasteiger partial charge in [0.2, 0.25) is 0 Å². The molecule has 0 saturated carbocycles. The van der Waals surface area contributed by atoms with E-state index in [1.54, 1.807) is 7.11 Å². The van der Waals surface area contributed by atoms with Gasteiger partial charge in [-0.15, -0.1) is 0 Å². The lowest BCUT2D eigenvalue weighted by molar-refractivity contribution is 0.417. The highest BCUT2D eigenvalue weighted by Gasteiger charge is 1.99. The van der Waals surface area contributed by atoms with E-state index in [2.05, 4.69) is 11.6 Å². The van der Waals surface area contributed by atoms with Crippen molar-refractivity contribution >= 4 is 23.1 Å². The van der Waals surface area contributed by atoms with E-state index in [-0.39, 0.29) is 0 Å². The highest BCUT2D eigenvalue weighted by atomic mass is 32.2. The third-order valence-corrected chi connectivity index (χ3v) is 2.78. The minimum Gasteiger partial charge on any atom is -0.495 e. The van der Waals surface area contributed by atoms with Crippen molar-refractivity contribution in [2.75, 3.05) is 36.7 Å². The molecule has 0 aliphatic heterocycles. The lowest BCUT2D eigenvalue weighted by Gasteiger charge is -2.09. The Labute approximate surface area is 95.4 Å². The first kappa shape index (κ1) is 12.0. The molecule has 0 atom stereocenters. The van der Waals surface area contributed by atoms with E-state index in [1.807, 2.05) is 30.0 Å². The van der Waals surface area contributed by atoms with Crippen molar-refractivity contribution in [1.29, 1.82) is 0 Å². The number of methoxy groups -OCH3 is 1. The summed E-state index contributed by atoms with van der Waals surface area (Å²) in [6, 6.07) is 5.75. The predicted octanol–water partition coefficient (Wildman–Crippen LogP) is 2.44. The summed E-state index contributed by atoms with van der Waals surface area (Å²) in [4.78, 5) is 0. The summed E-state index contributed by atoms with van der Waals surface area (Å²) < 4.78 is 5.14. The number of ether oxygens (including phenoxy) is 1. The topological polar surface area (TPSA) is 47.3 Å². The Bertz CT molecular complexity index is 305. The third kappa shape index (κ3) is 3.91. The number of nitrogen functional groups attached to an aromatic ring is 1. The van der Waals surface area contributed by atoms with E-state index >= 15 is 0 Å². The molecule has 1 aromatic carbocycles. The SMILES string of the molecule is COc1cc(NCCCSC)ccc1N. The van der Waals surface area contributed by atoms with Crippen LogP contribution in [0.2, 0.25) is 0 Å². The van der Waals surface area contributed by atoms with Gasteiger partial charge < -0.3 is 15.8 Å². The molecule has 0 aliphatic carbocycles. The number of rotatable bonds is 6. The van der Waals surface area contributed by atoms with Crippen LogP contribution in [0.25, 0.3) is 0 Å². The van der Waals surface area contributed by atoms with E-state index < -0.39 is 0 Å². The molecule has 0 unspecified atom stereocenters. The summed E-state index contributed by atoms with van der Waals surface area (Å²) in [5.41, 5.74) is 7.45. The zero-order valence-corrected chi connectivity index (χ0v) is 10.1. The van der Waals surface area contributed by atoms with E-state index in [1.165, 1.54) is 5.75 Å². The Balaban J connectivity index is 2.47. The van der Waals surface area contributed by atoms with Crippen molar-refractivity contribution in [1.82, 2.24) is 0 Å². The molecule has 1 rings (SSSR count). The predicted molar refractivity (Wildman–Crippen MR) is 68.9 cm³/mol. The van der Waals surface area contributed by atoms with Crippen LogP contribution in [-0.2, 0) is 0 Å². The minimum atomic E-state index is 0.673. The number of benzene rings is 1. The molecule has 4 heteroatoms. The molecule has 0 fully saturated rings. The van der Waals surface area contributed by atoms with Crippen LogP contribution in [0.4, 0.5) is 11.4 Å². The average Bonchev–Trinajstić information content (AvgIpc) is 2.26. The van der Waals surface area contributed by atoms with Crippen molar-refractivity contribution in [2.45, 2.75) is 6.42 Å². The van der Waals surface area contributed by atoms with E-state index in [0.717, 1.165) is 24.4 Å². The van der Waals surface area contributed by atoms with Gasteiger partial charge in [-0.05, 0) is 30.6 Å². The van der Waals surface area contributed by atoms with Gasteiger partial charge in [0.05, 0.1) is 12.8 Å². The molecule has 0 aromatic heterocycles. The van der Waals surface area contributed by atoms with Gasteiger partial charge in [0.15, 0.2) is 0 Å². The largest absolute Gasteiger partial charge is 0.495 e. The number of hydrogen-bond acceptors (Lipinski definition) is 4. The molecule has 15 heavy (non-hydrogen) atoms. The molecule has 84 valence electrons. The molecular weight excluding hydrogens is 208 g/mol. The summed E-state index contributed by atoms with van der Waals surface area (Å²) in [7, 11) is 1.63. The zero-order chi connectivity index (χ0) is 11.1. The van der Waals surface area contributed by atoms with E-state index in [0.29, 0.717) is 5.69 Å². The minimum absolute atomic E-state index is 0.673. The van der Waals surface area contributed by atoms with Crippen LogP contribution in [0.15, 0.2) is 18.2 Å². The Morgan fingerprint density at radius 3 is 2.93 bits per heavy atom. The van der Waals surface area contributed by atoms with Crippen LogP contribution in [0.1, 0.15) is 6.42 Å². The summed E-state index contributed by atoms with van der Waals surface area (Å²) in [5, 5.41) is 3.33. The Morgan fingerprint density at radius 2 is 2.27 bits per heavy atom. The van der Waals surface area contributed by atoms with Crippen LogP contribution < -0.4 is 15.8 Å². The Morgan fingerprint density at radius 1 is 1.47 bits per heavy atom. The van der Waals surface area contributed by atoms with Crippen molar-refractivity contribution < 1.29 is 4.74 Å². The van der Waals surface area contributed by atoms with Crippen molar-refractivity contribution in [3.8, 4) is 5.75 Å². The quantitative estimate of drug-likeness (QED) is 0.578. The fraction of sp³-hybridized carbons (Fsp3) is 0.455. The molecule has 3 nitrogen and oxygen atoms in total. The molecule has 0 aliphatic rings. The van der Waals surface area contributed by atoms with Crippen molar-refractivity contribution in [3.63, 3.8) is 0 Å². The van der Waals surface area contributed by atoms with Crippen LogP contribution in [0, 0.1) is 0 Å². The summed E-state index contributed by atoms with van der Waals surface area (Å²) >= 11 is 1.86. The molecule has 3 N–H and O–H groups in total. The maximum Gasteiger partial charge on any atom is 0.143 e. The van der Waals surface area contributed by atoms with Crippen molar-refractivity contribution in [2.24, 2.45) is 0 Å². The molecule has 1 aromatic rings. The number of thioether (sulfide) groups is 1. The first-order chi connectivity index (χ1) is 7.27. The van der Waals surface area contributed by atoms with Gasteiger partial charge in [-0.25, -0.2) is 0 Å². The first-order valence-electron chi connectivity index (χ1n) is 4.94. The van der Waals surface area contributed by atoms with E-state index in [4.69, 9.17) is 10.5 Å². The average molecular weight is 226 g/mol. The second-order valence-electron chi connectivity index (χ2n) is 3.23. The molecule has 0 amide bonds. The van der Waals surface area contributed by atoms with E-state index in [9.17, 15) is 0 Å². The molecule has 0 saturated heterocycles. The lowest BCUT2D eigenvalue weighted by Crippen LogP contribution is -2.03. The third-order valence-electron chi connectivity index (χ3n) is 2.09. The Hall–Kier alpha value is -1.03.